The third-order valence-corrected chi connectivity index (χ3v) is 5.35. The molecule has 1 amide bonds. The van der Waals surface area contributed by atoms with Crippen molar-refractivity contribution in [3.8, 4) is 0 Å². The number of carbonyl (C=O) groups excluding carboxylic acids is 2. The molecule has 0 radical (unpaired) electrons. The second kappa shape index (κ2) is 7.82. The van der Waals surface area contributed by atoms with Crippen LogP contribution in [0.15, 0.2) is 35.4 Å². The number of carbonyl (C=O) groups is 2. The van der Waals surface area contributed by atoms with E-state index in [-0.39, 0.29) is 17.4 Å². The zero-order valence-corrected chi connectivity index (χ0v) is 14.8. The summed E-state index contributed by atoms with van der Waals surface area (Å²) >= 11 is 1.11. The van der Waals surface area contributed by atoms with Gasteiger partial charge in [0.15, 0.2) is 5.78 Å². The van der Waals surface area contributed by atoms with Gasteiger partial charge in [-0.2, -0.15) is 5.10 Å². The Hall–Kier alpha value is -2.15. The molecule has 5 nitrogen and oxygen atoms in total. The van der Waals surface area contributed by atoms with E-state index < -0.39 is 5.82 Å². The lowest BCUT2D eigenvalue weighted by Crippen LogP contribution is -2.19. The first-order chi connectivity index (χ1) is 12.0. The number of hydrogen-bond acceptors (Lipinski definition) is 4. The van der Waals surface area contributed by atoms with Gasteiger partial charge >= 0.3 is 0 Å². The van der Waals surface area contributed by atoms with E-state index in [1.807, 2.05) is 4.68 Å². The van der Waals surface area contributed by atoms with Crippen molar-refractivity contribution >= 4 is 29.3 Å². The molecule has 1 N–H and O–H groups in total. The summed E-state index contributed by atoms with van der Waals surface area (Å²) in [5.74, 6) is -0.105. The average molecular weight is 361 g/mol. The number of halogens is 1. The summed E-state index contributed by atoms with van der Waals surface area (Å²) in [6.45, 7) is 1.39. The number of nitrogens with one attached hydrogen (secondary N) is 1. The van der Waals surface area contributed by atoms with E-state index in [9.17, 15) is 14.0 Å². The molecule has 1 aromatic heterocycles. The zero-order chi connectivity index (χ0) is 17.8. The predicted molar refractivity (Wildman–Crippen MR) is 95.5 cm³/mol. The van der Waals surface area contributed by atoms with Gasteiger partial charge in [-0.1, -0.05) is 18.9 Å². The molecule has 0 atom stereocenters. The summed E-state index contributed by atoms with van der Waals surface area (Å²) in [7, 11) is 0. The van der Waals surface area contributed by atoms with Crippen LogP contribution in [0.1, 0.15) is 49.0 Å². The predicted octanol–water partition coefficient (Wildman–Crippen LogP) is 4.07. The maximum absolute atomic E-state index is 14.0. The number of hydrogen-bond donors (Lipinski definition) is 1. The van der Waals surface area contributed by atoms with Crippen molar-refractivity contribution in [1.82, 2.24) is 9.78 Å². The first kappa shape index (κ1) is 17.7. The van der Waals surface area contributed by atoms with Crippen molar-refractivity contribution in [3.63, 3.8) is 0 Å². The number of thioether (sulfide) groups is 1. The highest BCUT2D eigenvalue weighted by Crippen LogP contribution is 2.31. The molecule has 2 aromatic rings. The normalized spacial score (nSPS) is 14.6. The third kappa shape index (κ3) is 4.28. The van der Waals surface area contributed by atoms with Gasteiger partial charge in [0.1, 0.15) is 11.6 Å². The van der Waals surface area contributed by atoms with Gasteiger partial charge in [0.2, 0.25) is 5.91 Å². The molecule has 0 aliphatic heterocycles. The molecule has 1 fully saturated rings. The molecule has 1 aromatic carbocycles. The first-order valence-electron chi connectivity index (χ1n) is 8.31. The van der Waals surface area contributed by atoms with Crippen LogP contribution in [0.25, 0.3) is 0 Å². The van der Waals surface area contributed by atoms with Crippen molar-refractivity contribution in [2.75, 3.05) is 11.1 Å². The summed E-state index contributed by atoms with van der Waals surface area (Å²) in [5, 5.41) is 7.16. The van der Waals surface area contributed by atoms with Crippen molar-refractivity contribution in [3.05, 3.63) is 41.8 Å². The fourth-order valence-corrected chi connectivity index (χ4v) is 3.73. The van der Waals surface area contributed by atoms with Crippen LogP contribution in [0, 0.1) is 5.82 Å². The van der Waals surface area contributed by atoms with E-state index in [4.69, 9.17) is 0 Å². The Morgan fingerprint density at radius 2 is 2.08 bits per heavy atom. The number of aromatic nitrogens is 2. The molecule has 7 heteroatoms. The number of rotatable bonds is 6. The Morgan fingerprint density at radius 1 is 1.32 bits per heavy atom. The average Bonchev–Trinajstić information content (AvgIpc) is 3.24. The van der Waals surface area contributed by atoms with Crippen molar-refractivity contribution in [1.29, 1.82) is 0 Å². The Labute approximate surface area is 150 Å². The number of ketones is 1. The Bertz CT molecular complexity index is 784. The monoisotopic (exact) mass is 361 g/mol. The molecule has 0 bridgehead atoms. The van der Waals surface area contributed by atoms with E-state index in [2.05, 4.69) is 10.4 Å². The summed E-state index contributed by atoms with van der Waals surface area (Å²) in [5.41, 5.74) is 0.326. The fraction of sp³-hybridized carbons (Fsp3) is 0.389. The molecule has 132 valence electrons. The second-order valence-corrected chi connectivity index (χ2v) is 7.15. The van der Waals surface area contributed by atoms with Crippen LogP contribution in [-0.2, 0) is 4.79 Å². The molecule has 0 unspecified atom stereocenters. The molecule has 0 saturated heterocycles. The van der Waals surface area contributed by atoms with Gasteiger partial charge in [0.25, 0.3) is 0 Å². The summed E-state index contributed by atoms with van der Waals surface area (Å²) < 4.78 is 15.9. The van der Waals surface area contributed by atoms with Crippen molar-refractivity contribution < 1.29 is 14.0 Å². The molecule has 0 spiro atoms. The summed E-state index contributed by atoms with van der Waals surface area (Å²) in [6.07, 6.45) is 6.20. The highest BCUT2D eigenvalue weighted by Gasteiger charge is 2.20. The van der Waals surface area contributed by atoms with Crippen LogP contribution < -0.4 is 5.32 Å². The van der Waals surface area contributed by atoms with E-state index >= 15 is 0 Å². The Balaban J connectivity index is 1.59. The number of amides is 1. The molecule has 3 rings (SSSR count). The van der Waals surface area contributed by atoms with Gasteiger partial charge in [-0.25, -0.2) is 9.07 Å². The largest absolute Gasteiger partial charge is 0.310 e. The number of benzene rings is 1. The van der Waals surface area contributed by atoms with Crippen molar-refractivity contribution in [2.24, 2.45) is 0 Å². The minimum atomic E-state index is -0.485. The maximum atomic E-state index is 14.0. The van der Waals surface area contributed by atoms with Gasteiger partial charge in [0, 0.05) is 16.5 Å². The van der Waals surface area contributed by atoms with E-state index in [0.29, 0.717) is 22.3 Å². The van der Waals surface area contributed by atoms with Crippen LogP contribution in [0.4, 0.5) is 10.2 Å². The van der Waals surface area contributed by atoms with Gasteiger partial charge in [0.05, 0.1) is 18.0 Å². The molecule has 1 saturated carbocycles. The lowest BCUT2D eigenvalue weighted by molar-refractivity contribution is -0.113. The standard InChI is InChI=1S/C18H20FN3O2S/c1-12(23)13-6-7-16(15(19)10-13)25-11-18(24)21-17-8-9-20-22(17)14-4-2-3-5-14/h6-10,14H,2-5,11H2,1H3,(H,21,24). The lowest BCUT2D eigenvalue weighted by Gasteiger charge is -2.14. The van der Waals surface area contributed by atoms with Gasteiger partial charge in [-0.15, -0.1) is 11.8 Å². The number of anilines is 1. The lowest BCUT2D eigenvalue weighted by atomic mass is 10.1. The quantitative estimate of drug-likeness (QED) is 0.622. The maximum Gasteiger partial charge on any atom is 0.235 e. The molecular weight excluding hydrogens is 341 g/mol. The second-order valence-electron chi connectivity index (χ2n) is 6.14. The van der Waals surface area contributed by atoms with Crippen LogP contribution in [0.5, 0.6) is 0 Å². The van der Waals surface area contributed by atoms with Crippen LogP contribution in [0.2, 0.25) is 0 Å². The smallest absolute Gasteiger partial charge is 0.235 e. The van der Waals surface area contributed by atoms with Crippen LogP contribution in [-0.4, -0.2) is 27.2 Å². The van der Waals surface area contributed by atoms with Gasteiger partial charge in [-0.3, -0.25) is 9.59 Å². The highest BCUT2D eigenvalue weighted by molar-refractivity contribution is 8.00. The van der Waals surface area contributed by atoms with Crippen molar-refractivity contribution in [2.45, 2.75) is 43.5 Å². The Kier molecular flexibility index (Phi) is 5.53. The summed E-state index contributed by atoms with van der Waals surface area (Å²) in [4.78, 5) is 23.8. The molecule has 1 heterocycles. The minimum absolute atomic E-state index is 0.0895. The molecular formula is C18H20FN3O2S. The van der Waals surface area contributed by atoms with Gasteiger partial charge in [-0.05, 0) is 31.9 Å². The molecule has 1 aliphatic carbocycles. The fourth-order valence-electron chi connectivity index (χ4n) is 3.01. The minimum Gasteiger partial charge on any atom is -0.310 e. The van der Waals surface area contributed by atoms with Gasteiger partial charge < -0.3 is 5.32 Å². The third-order valence-electron chi connectivity index (χ3n) is 4.31. The van der Waals surface area contributed by atoms with Crippen LogP contribution in [0.3, 0.4) is 0 Å². The Morgan fingerprint density at radius 3 is 2.76 bits per heavy atom. The van der Waals surface area contributed by atoms with E-state index in [1.54, 1.807) is 18.3 Å². The topological polar surface area (TPSA) is 64.0 Å². The molecule has 25 heavy (non-hydrogen) atoms. The highest BCUT2D eigenvalue weighted by atomic mass is 32.2. The van der Waals surface area contributed by atoms with E-state index in [0.717, 1.165) is 24.6 Å². The first-order valence-corrected chi connectivity index (χ1v) is 9.30. The molecule has 1 aliphatic rings. The van der Waals surface area contributed by atoms with E-state index in [1.165, 1.54) is 31.9 Å². The number of nitrogens with zero attached hydrogens (tertiary/aromatic N) is 2. The van der Waals surface area contributed by atoms with Crippen LogP contribution >= 0.6 is 11.8 Å². The number of Topliss-reactive ketones (excluding diaryl/α,β-unsaturated/α-hetero) is 1. The zero-order valence-electron chi connectivity index (χ0n) is 14.0. The summed E-state index contributed by atoms with van der Waals surface area (Å²) in [6, 6.07) is 6.43. The SMILES string of the molecule is CC(=O)c1ccc(SCC(=O)Nc2ccnn2C2CCCC2)c(F)c1.